The van der Waals surface area contributed by atoms with E-state index in [0.717, 1.165) is 0 Å². The average molecular weight is 127 g/mol. The first kappa shape index (κ1) is 8.54. The molecule has 0 atom stereocenters. The van der Waals surface area contributed by atoms with Crippen molar-refractivity contribution in [3.05, 3.63) is 11.8 Å². The standard InChI is InChI=1S/C8H17N/c1-5-7-8(6-2)9(3)4/h6H,5,7H2,1-4H3. The number of rotatable bonds is 3. The molecule has 0 saturated heterocycles. The van der Waals surface area contributed by atoms with E-state index < -0.39 is 0 Å². The van der Waals surface area contributed by atoms with Gasteiger partial charge >= 0.3 is 0 Å². The molecule has 0 aromatic carbocycles. The molecule has 0 aliphatic heterocycles. The Morgan fingerprint density at radius 1 is 1.44 bits per heavy atom. The summed E-state index contributed by atoms with van der Waals surface area (Å²) in [6.45, 7) is 4.29. The lowest BCUT2D eigenvalue weighted by molar-refractivity contribution is 0.483. The first-order valence-electron chi connectivity index (χ1n) is 3.54. The van der Waals surface area contributed by atoms with Crippen LogP contribution in [0.2, 0.25) is 0 Å². The molecule has 0 heterocycles. The second-order valence-electron chi connectivity index (χ2n) is 2.42. The molecular formula is C8H17N. The Hall–Kier alpha value is -0.460. The summed E-state index contributed by atoms with van der Waals surface area (Å²) in [5.74, 6) is 0. The lowest BCUT2D eigenvalue weighted by Gasteiger charge is -2.15. The maximum atomic E-state index is 2.20. The molecule has 0 rings (SSSR count). The number of nitrogens with zero attached hydrogens (tertiary/aromatic N) is 1. The molecule has 0 amide bonds. The summed E-state index contributed by atoms with van der Waals surface area (Å²) < 4.78 is 0. The van der Waals surface area contributed by atoms with Crippen molar-refractivity contribution in [3.63, 3.8) is 0 Å². The second kappa shape index (κ2) is 4.42. The molecule has 1 nitrogen and oxygen atoms in total. The SMILES string of the molecule is CC=C(CCC)N(C)C. The summed E-state index contributed by atoms with van der Waals surface area (Å²) in [5.41, 5.74) is 1.43. The maximum absolute atomic E-state index is 2.20. The molecule has 0 fully saturated rings. The first-order chi connectivity index (χ1) is 4.22. The minimum Gasteiger partial charge on any atom is -0.381 e. The van der Waals surface area contributed by atoms with Crippen LogP contribution in [0.15, 0.2) is 11.8 Å². The van der Waals surface area contributed by atoms with Crippen molar-refractivity contribution in [1.82, 2.24) is 4.90 Å². The third kappa shape index (κ3) is 3.17. The quantitative estimate of drug-likeness (QED) is 0.562. The summed E-state index contributed by atoms with van der Waals surface area (Å²) in [7, 11) is 4.18. The topological polar surface area (TPSA) is 3.24 Å². The zero-order valence-electron chi connectivity index (χ0n) is 6.94. The Morgan fingerprint density at radius 2 is 2.00 bits per heavy atom. The molecule has 0 saturated carbocycles. The van der Waals surface area contributed by atoms with Crippen LogP contribution in [0.3, 0.4) is 0 Å². The fourth-order valence-corrected chi connectivity index (χ4v) is 0.882. The van der Waals surface area contributed by atoms with Crippen LogP contribution >= 0.6 is 0 Å². The van der Waals surface area contributed by atoms with Gasteiger partial charge in [0.1, 0.15) is 0 Å². The van der Waals surface area contributed by atoms with Crippen LogP contribution in [0, 0.1) is 0 Å². The van der Waals surface area contributed by atoms with Crippen molar-refractivity contribution in [2.75, 3.05) is 14.1 Å². The van der Waals surface area contributed by atoms with Gasteiger partial charge in [0.25, 0.3) is 0 Å². The second-order valence-corrected chi connectivity index (χ2v) is 2.42. The fourth-order valence-electron chi connectivity index (χ4n) is 0.882. The van der Waals surface area contributed by atoms with E-state index in [4.69, 9.17) is 0 Å². The van der Waals surface area contributed by atoms with Crippen LogP contribution < -0.4 is 0 Å². The predicted molar refractivity (Wildman–Crippen MR) is 42.4 cm³/mol. The lowest BCUT2D eigenvalue weighted by atomic mass is 10.2. The highest BCUT2D eigenvalue weighted by atomic mass is 15.1. The summed E-state index contributed by atoms with van der Waals surface area (Å²) in [5, 5.41) is 0. The van der Waals surface area contributed by atoms with Crippen LogP contribution in [0.25, 0.3) is 0 Å². The van der Waals surface area contributed by atoms with E-state index in [2.05, 4.69) is 38.9 Å². The zero-order chi connectivity index (χ0) is 7.28. The van der Waals surface area contributed by atoms with E-state index in [-0.39, 0.29) is 0 Å². The molecule has 0 unspecified atom stereocenters. The van der Waals surface area contributed by atoms with Crippen molar-refractivity contribution >= 4 is 0 Å². The zero-order valence-corrected chi connectivity index (χ0v) is 6.94. The molecule has 0 aromatic heterocycles. The molecule has 0 aliphatic carbocycles. The average Bonchev–Trinajstić information content (AvgIpc) is 1.82. The van der Waals surface area contributed by atoms with Crippen LogP contribution in [-0.2, 0) is 0 Å². The van der Waals surface area contributed by atoms with Gasteiger partial charge < -0.3 is 4.90 Å². The van der Waals surface area contributed by atoms with Gasteiger partial charge in [-0.15, -0.1) is 0 Å². The molecule has 1 heteroatoms. The number of hydrogen-bond donors (Lipinski definition) is 0. The fraction of sp³-hybridized carbons (Fsp3) is 0.750. The van der Waals surface area contributed by atoms with E-state index in [1.54, 1.807) is 0 Å². The first-order valence-corrected chi connectivity index (χ1v) is 3.54. The number of allylic oxidation sites excluding steroid dienone is 2. The van der Waals surface area contributed by atoms with E-state index in [0.29, 0.717) is 0 Å². The number of hydrogen-bond acceptors (Lipinski definition) is 1. The van der Waals surface area contributed by atoms with Gasteiger partial charge in [-0.2, -0.15) is 0 Å². The molecule has 0 aromatic rings. The Morgan fingerprint density at radius 3 is 2.11 bits per heavy atom. The Kier molecular flexibility index (Phi) is 4.20. The van der Waals surface area contributed by atoms with Crippen molar-refractivity contribution in [2.24, 2.45) is 0 Å². The lowest BCUT2D eigenvalue weighted by Crippen LogP contribution is -2.10. The van der Waals surface area contributed by atoms with E-state index in [1.807, 2.05) is 0 Å². The van der Waals surface area contributed by atoms with Crippen molar-refractivity contribution < 1.29 is 0 Å². The van der Waals surface area contributed by atoms with E-state index >= 15 is 0 Å². The molecule has 9 heavy (non-hydrogen) atoms. The highest BCUT2D eigenvalue weighted by Gasteiger charge is 1.93. The van der Waals surface area contributed by atoms with Crippen molar-refractivity contribution in [3.8, 4) is 0 Å². The largest absolute Gasteiger partial charge is 0.381 e. The molecule has 0 bridgehead atoms. The van der Waals surface area contributed by atoms with Gasteiger partial charge in [0.15, 0.2) is 0 Å². The Labute approximate surface area is 58.4 Å². The monoisotopic (exact) mass is 127 g/mol. The normalized spacial score (nSPS) is 11.8. The van der Waals surface area contributed by atoms with Gasteiger partial charge in [0, 0.05) is 19.8 Å². The van der Waals surface area contributed by atoms with Crippen molar-refractivity contribution in [1.29, 1.82) is 0 Å². The van der Waals surface area contributed by atoms with Gasteiger partial charge in [-0.3, -0.25) is 0 Å². The summed E-state index contributed by atoms with van der Waals surface area (Å²) >= 11 is 0. The summed E-state index contributed by atoms with van der Waals surface area (Å²) in [4.78, 5) is 2.17. The van der Waals surface area contributed by atoms with Crippen LogP contribution in [0.4, 0.5) is 0 Å². The van der Waals surface area contributed by atoms with E-state index in [9.17, 15) is 0 Å². The van der Waals surface area contributed by atoms with Gasteiger partial charge in [-0.05, 0) is 13.3 Å². The third-order valence-corrected chi connectivity index (χ3v) is 1.41. The molecule has 0 N–H and O–H groups in total. The third-order valence-electron chi connectivity index (χ3n) is 1.41. The molecule has 54 valence electrons. The van der Waals surface area contributed by atoms with Gasteiger partial charge in [0.2, 0.25) is 0 Å². The van der Waals surface area contributed by atoms with Crippen LogP contribution in [0.1, 0.15) is 26.7 Å². The summed E-state index contributed by atoms with van der Waals surface area (Å²) in [6, 6.07) is 0. The minimum atomic E-state index is 1.20. The smallest absolute Gasteiger partial charge is 0.00840 e. The Bertz CT molecular complexity index is 92.7. The van der Waals surface area contributed by atoms with E-state index in [1.165, 1.54) is 18.5 Å². The van der Waals surface area contributed by atoms with Gasteiger partial charge in [-0.25, -0.2) is 0 Å². The van der Waals surface area contributed by atoms with Gasteiger partial charge in [-0.1, -0.05) is 19.4 Å². The highest BCUT2D eigenvalue weighted by molar-refractivity contribution is 4.96. The molecule has 0 aliphatic rings. The molecule has 0 spiro atoms. The summed E-state index contributed by atoms with van der Waals surface area (Å²) in [6.07, 6.45) is 4.60. The molecule has 0 radical (unpaired) electrons. The highest BCUT2D eigenvalue weighted by Crippen LogP contribution is 2.05. The maximum Gasteiger partial charge on any atom is 0.00840 e. The Balaban J connectivity index is 3.70. The van der Waals surface area contributed by atoms with Crippen molar-refractivity contribution in [2.45, 2.75) is 26.7 Å². The van der Waals surface area contributed by atoms with Crippen LogP contribution in [-0.4, -0.2) is 19.0 Å². The minimum absolute atomic E-state index is 1.20. The molecular weight excluding hydrogens is 110 g/mol. The van der Waals surface area contributed by atoms with Gasteiger partial charge in [0.05, 0.1) is 0 Å². The van der Waals surface area contributed by atoms with Crippen LogP contribution in [0.5, 0.6) is 0 Å². The predicted octanol–water partition coefficient (Wildman–Crippen LogP) is 2.25.